The zero-order chi connectivity index (χ0) is 15.5. The zero-order valence-corrected chi connectivity index (χ0v) is 12.0. The molecule has 0 saturated heterocycles. The highest BCUT2D eigenvalue weighted by Gasteiger charge is 2.49. The van der Waals surface area contributed by atoms with Crippen LogP contribution in [0.3, 0.4) is 0 Å². The van der Waals surface area contributed by atoms with Crippen LogP contribution < -0.4 is 0 Å². The topological polar surface area (TPSA) is 86.3 Å². The van der Waals surface area contributed by atoms with Gasteiger partial charge in [-0.15, -0.1) is 0 Å². The highest BCUT2D eigenvalue weighted by Crippen LogP contribution is 2.40. The fourth-order valence-electron chi connectivity index (χ4n) is 2.57. The molecule has 1 saturated carbocycles. The first kappa shape index (κ1) is 14.3. The van der Waals surface area contributed by atoms with Crippen molar-refractivity contribution in [2.75, 3.05) is 0 Å². The van der Waals surface area contributed by atoms with E-state index in [0.717, 1.165) is 11.3 Å². The van der Waals surface area contributed by atoms with E-state index in [1.54, 1.807) is 11.1 Å². The molecule has 2 unspecified atom stereocenters. The first-order valence-electron chi connectivity index (χ1n) is 7.19. The third-order valence-electron chi connectivity index (χ3n) is 3.87. The Morgan fingerprint density at radius 3 is 2.55 bits per heavy atom. The fourth-order valence-corrected chi connectivity index (χ4v) is 2.57. The van der Waals surface area contributed by atoms with Gasteiger partial charge in [-0.2, -0.15) is 5.10 Å². The molecule has 1 amide bonds. The molecule has 2 atom stereocenters. The molecule has 1 heterocycles. The number of hydrogen-bond donors (Lipinski definition) is 2. The summed E-state index contributed by atoms with van der Waals surface area (Å²) < 4.78 is 0. The molecule has 22 heavy (non-hydrogen) atoms. The number of nitrogens with one attached hydrogen (secondary N) is 1. The van der Waals surface area contributed by atoms with Crippen LogP contribution in [0.1, 0.15) is 17.7 Å². The highest BCUT2D eigenvalue weighted by atomic mass is 16.4. The molecule has 1 aromatic carbocycles. The lowest BCUT2D eigenvalue weighted by Gasteiger charge is -2.22. The Morgan fingerprint density at radius 2 is 1.95 bits per heavy atom. The van der Waals surface area contributed by atoms with Gasteiger partial charge in [0.15, 0.2) is 0 Å². The minimum atomic E-state index is -0.889. The Hall–Kier alpha value is -2.63. The molecule has 0 spiro atoms. The largest absolute Gasteiger partial charge is 0.481 e. The summed E-state index contributed by atoms with van der Waals surface area (Å²) in [5, 5.41) is 15.7. The van der Waals surface area contributed by atoms with E-state index in [-0.39, 0.29) is 5.91 Å². The number of carboxylic acids is 1. The summed E-state index contributed by atoms with van der Waals surface area (Å²) in [4.78, 5) is 25.3. The van der Waals surface area contributed by atoms with Gasteiger partial charge in [0.25, 0.3) is 0 Å². The number of carbonyl (C=O) groups is 2. The molecule has 1 fully saturated rings. The maximum atomic E-state index is 12.6. The molecule has 1 aliphatic carbocycles. The number of aromatic amines is 1. The average Bonchev–Trinajstić information content (AvgIpc) is 3.17. The molecular formula is C16H17N3O3. The van der Waals surface area contributed by atoms with E-state index in [1.165, 1.54) is 0 Å². The maximum absolute atomic E-state index is 12.6. The fraction of sp³-hybridized carbons (Fsp3) is 0.312. The summed E-state index contributed by atoms with van der Waals surface area (Å²) in [6.07, 6.45) is 2.07. The molecule has 1 aliphatic rings. The number of rotatable bonds is 6. The smallest absolute Gasteiger partial charge is 0.307 e. The third-order valence-corrected chi connectivity index (χ3v) is 3.87. The standard InChI is InChI=1S/C16H17N3O3/c20-15(13-8-14(13)16(21)22)19(10-12-6-7-17-18-12)9-11-4-2-1-3-5-11/h1-7,13-14H,8-10H2,(H,17,18)(H,21,22). The van der Waals surface area contributed by atoms with Crippen molar-refractivity contribution in [1.82, 2.24) is 15.1 Å². The van der Waals surface area contributed by atoms with Gasteiger partial charge < -0.3 is 10.0 Å². The van der Waals surface area contributed by atoms with Crippen molar-refractivity contribution in [2.45, 2.75) is 19.5 Å². The van der Waals surface area contributed by atoms with Gasteiger partial charge in [-0.3, -0.25) is 14.7 Å². The van der Waals surface area contributed by atoms with Gasteiger partial charge in [0.2, 0.25) is 5.91 Å². The number of aromatic nitrogens is 2. The highest BCUT2D eigenvalue weighted by molar-refractivity contribution is 5.89. The number of benzene rings is 1. The molecule has 2 N–H and O–H groups in total. The van der Waals surface area contributed by atoms with Crippen molar-refractivity contribution < 1.29 is 14.7 Å². The predicted molar refractivity (Wildman–Crippen MR) is 78.5 cm³/mol. The number of nitrogens with zero attached hydrogens (tertiary/aromatic N) is 2. The lowest BCUT2D eigenvalue weighted by Crippen LogP contribution is -2.32. The number of carboxylic acid groups (broad SMARTS) is 1. The Labute approximate surface area is 127 Å². The van der Waals surface area contributed by atoms with Crippen LogP contribution >= 0.6 is 0 Å². The number of carbonyl (C=O) groups excluding carboxylic acids is 1. The molecule has 2 aromatic rings. The summed E-state index contributed by atoms with van der Waals surface area (Å²) >= 11 is 0. The van der Waals surface area contributed by atoms with Gasteiger partial charge in [-0.1, -0.05) is 30.3 Å². The quantitative estimate of drug-likeness (QED) is 0.849. The lowest BCUT2D eigenvalue weighted by molar-refractivity contribution is -0.142. The molecule has 6 nitrogen and oxygen atoms in total. The van der Waals surface area contributed by atoms with Crippen LogP contribution in [-0.2, 0) is 22.7 Å². The first-order chi connectivity index (χ1) is 10.6. The van der Waals surface area contributed by atoms with Crippen LogP contribution in [0.25, 0.3) is 0 Å². The number of aliphatic carboxylic acids is 1. The van der Waals surface area contributed by atoms with E-state index < -0.39 is 17.8 Å². The van der Waals surface area contributed by atoms with E-state index >= 15 is 0 Å². The van der Waals surface area contributed by atoms with E-state index in [4.69, 9.17) is 5.11 Å². The molecule has 0 radical (unpaired) electrons. The molecule has 1 aromatic heterocycles. The number of hydrogen-bond acceptors (Lipinski definition) is 3. The Kier molecular flexibility index (Phi) is 3.91. The zero-order valence-electron chi connectivity index (χ0n) is 12.0. The van der Waals surface area contributed by atoms with Crippen LogP contribution in [0.5, 0.6) is 0 Å². The van der Waals surface area contributed by atoms with Gasteiger partial charge in [-0.25, -0.2) is 0 Å². The van der Waals surface area contributed by atoms with Gasteiger partial charge in [0.1, 0.15) is 0 Å². The summed E-state index contributed by atoms with van der Waals surface area (Å²) in [5.41, 5.74) is 1.85. The Balaban J connectivity index is 1.74. The first-order valence-corrected chi connectivity index (χ1v) is 7.19. The lowest BCUT2D eigenvalue weighted by atomic mass is 10.2. The maximum Gasteiger partial charge on any atom is 0.307 e. The van der Waals surface area contributed by atoms with E-state index in [9.17, 15) is 9.59 Å². The van der Waals surface area contributed by atoms with Crippen LogP contribution in [0.4, 0.5) is 0 Å². The van der Waals surface area contributed by atoms with E-state index in [0.29, 0.717) is 19.5 Å². The molecule has 3 rings (SSSR count). The second-order valence-electron chi connectivity index (χ2n) is 5.55. The number of amides is 1. The third kappa shape index (κ3) is 3.16. The second-order valence-corrected chi connectivity index (χ2v) is 5.55. The monoisotopic (exact) mass is 299 g/mol. The molecule has 0 aliphatic heterocycles. The summed E-state index contributed by atoms with van der Waals surface area (Å²) in [6.45, 7) is 0.859. The van der Waals surface area contributed by atoms with Gasteiger partial charge in [-0.05, 0) is 18.1 Å². The van der Waals surface area contributed by atoms with Crippen molar-refractivity contribution >= 4 is 11.9 Å². The predicted octanol–water partition coefficient (Wildman–Crippen LogP) is 1.66. The SMILES string of the molecule is O=C(O)C1CC1C(=O)N(Cc1ccccc1)Cc1ccn[nH]1. The van der Waals surface area contributed by atoms with Crippen LogP contribution in [0, 0.1) is 11.8 Å². The summed E-state index contributed by atoms with van der Waals surface area (Å²) in [5.74, 6) is -1.93. The van der Waals surface area contributed by atoms with Crippen molar-refractivity contribution in [3.05, 3.63) is 53.9 Å². The van der Waals surface area contributed by atoms with Crippen LogP contribution in [0.2, 0.25) is 0 Å². The van der Waals surface area contributed by atoms with Crippen molar-refractivity contribution in [3.8, 4) is 0 Å². The molecule has 114 valence electrons. The van der Waals surface area contributed by atoms with Crippen LogP contribution in [-0.4, -0.2) is 32.1 Å². The minimum absolute atomic E-state index is 0.106. The van der Waals surface area contributed by atoms with Gasteiger partial charge in [0, 0.05) is 12.7 Å². The molecule has 0 bridgehead atoms. The summed E-state index contributed by atoms with van der Waals surface area (Å²) in [7, 11) is 0. The summed E-state index contributed by atoms with van der Waals surface area (Å²) in [6, 6.07) is 11.5. The van der Waals surface area contributed by atoms with Crippen LogP contribution in [0.15, 0.2) is 42.6 Å². The molecular weight excluding hydrogens is 282 g/mol. The van der Waals surface area contributed by atoms with E-state index in [1.807, 2.05) is 36.4 Å². The van der Waals surface area contributed by atoms with Gasteiger partial charge in [0.05, 0.1) is 24.1 Å². The normalized spacial score (nSPS) is 19.6. The van der Waals surface area contributed by atoms with Gasteiger partial charge >= 0.3 is 5.97 Å². The second kappa shape index (κ2) is 6.01. The Morgan fingerprint density at radius 1 is 1.18 bits per heavy atom. The van der Waals surface area contributed by atoms with E-state index in [2.05, 4.69) is 10.2 Å². The number of H-pyrrole nitrogens is 1. The minimum Gasteiger partial charge on any atom is -0.481 e. The average molecular weight is 299 g/mol. The van der Waals surface area contributed by atoms with Crippen molar-refractivity contribution in [3.63, 3.8) is 0 Å². The molecule has 6 heteroatoms. The Bertz CT molecular complexity index is 655. The van der Waals surface area contributed by atoms with Crippen molar-refractivity contribution in [2.24, 2.45) is 11.8 Å². The van der Waals surface area contributed by atoms with Crippen molar-refractivity contribution in [1.29, 1.82) is 0 Å².